The highest BCUT2D eigenvalue weighted by atomic mass is 35.5. The van der Waals surface area contributed by atoms with E-state index in [1.165, 1.54) is 23.1 Å². The summed E-state index contributed by atoms with van der Waals surface area (Å²) in [5.74, 6) is -0.213. The molecule has 2 rings (SSSR count). The molecule has 2 aromatic rings. The van der Waals surface area contributed by atoms with Gasteiger partial charge >= 0.3 is 5.97 Å². The van der Waals surface area contributed by atoms with Gasteiger partial charge in [-0.15, -0.1) is 23.1 Å². The summed E-state index contributed by atoms with van der Waals surface area (Å²) < 4.78 is 5.05. The van der Waals surface area contributed by atoms with Crippen LogP contribution in [-0.4, -0.2) is 30.8 Å². The Balaban J connectivity index is 1.65. The molecule has 0 aliphatic rings. The summed E-state index contributed by atoms with van der Waals surface area (Å²) in [5.41, 5.74) is 0. The van der Waals surface area contributed by atoms with Crippen LogP contribution >= 0.6 is 46.3 Å². The molecule has 1 aromatic carbocycles. The molecular formula is C15H13Cl2NO3S2. The zero-order valence-corrected chi connectivity index (χ0v) is 15.0. The molecule has 23 heavy (non-hydrogen) atoms. The molecule has 1 heterocycles. The first-order valence-electron chi connectivity index (χ1n) is 6.61. The van der Waals surface area contributed by atoms with Crippen molar-refractivity contribution in [3.05, 3.63) is 50.6 Å². The normalized spacial score (nSPS) is 10.3. The monoisotopic (exact) mass is 389 g/mol. The Morgan fingerprint density at radius 2 is 2.09 bits per heavy atom. The van der Waals surface area contributed by atoms with E-state index in [0.717, 1.165) is 4.90 Å². The molecule has 0 unspecified atom stereocenters. The highest BCUT2D eigenvalue weighted by Crippen LogP contribution is 2.29. The summed E-state index contributed by atoms with van der Waals surface area (Å²) >= 11 is 14.7. The lowest BCUT2D eigenvalue weighted by Gasteiger charge is -2.07. The lowest BCUT2D eigenvalue weighted by Crippen LogP contribution is -2.30. The quantitative estimate of drug-likeness (QED) is 0.439. The molecule has 0 bridgehead atoms. The fourth-order valence-corrected chi connectivity index (χ4v) is 3.55. The van der Waals surface area contributed by atoms with E-state index in [1.807, 2.05) is 0 Å². The second kappa shape index (κ2) is 9.17. The topological polar surface area (TPSA) is 55.4 Å². The highest BCUT2D eigenvalue weighted by molar-refractivity contribution is 7.99. The van der Waals surface area contributed by atoms with Gasteiger partial charge in [0.15, 0.2) is 0 Å². The van der Waals surface area contributed by atoms with Crippen LogP contribution in [0.25, 0.3) is 0 Å². The van der Waals surface area contributed by atoms with Crippen molar-refractivity contribution in [3.63, 3.8) is 0 Å². The molecule has 0 aliphatic carbocycles. The molecule has 0 fully saturated rings. The zero-order valence-electron chi connectivity index (χ0n) is 11.9. The van der Waals surface area contributed by atoms with E-state index in [4.69, 9.17) is 27.9 Å². The third-order valence-corrected chi connectivity index (χ3v) is 5.20. The van der Waals surface area contributed by atoms with E-state index in [2.05, 4.69) is 5.32 Å². The van der Waals surface area contributed by atoms with Crippen molar-refractivity contribution in [2.75, 3.05) is 18.9 Å². The summed E-state index contributed by atoms with van der Waals surface area (Å²) in [4.78, 5) is 24.6. The predicted octanol–water partition coefficient (Wildman–Crippen LogP) is 4.12. The maximum absolute atomic E-state index is 11.7. The third kappa shape index (κ3) is 6.06. The number of carbonyl (C=O) groups excluding carboxylic acids is 2. The first-order chi connectivity index (χ1) is 11.1. The van der Waals surface area contributed by atoms with Gasteiger partial charge in [-0.1, -0.05) is 29.3 Å². The Hall–Kier alpha value is -1.21. The van der Waals surface area contributed by atoms with Crippen molar-refractivity contribution in [1.29, 1.82) is 0 Å². The van der Waals surface area contributed by atoms with Gasteiger partial charge in [0.2, 0.25) is 0 Å². The lowest BCUT2D eigenvalue weighted by atomic mass is 10.4. The van der Waals surface area contributed by atoms with Crippen molar-refractivity contribution in [1.82, 2.24) is 5.32 Å². The molecule has 0 aliphatic heterocycles. The summed E-state index contributed by atoms with van der Waals surface area (Å²) in [6.07, 6.45) is 0. The van der Waals surface area contributed by atoms with Crippen LogP contribution in [0.5, 0.6) is 0 Å². The van der Waals surface area contributed by atoms with Crippen molar-refractivity contribution < 1.29 is 14.3 Å². The van der Waals surface area contributed by atoms with Crippen LogP contribution in [0.4, 0.5) is 0 Å². The zero-order chi connectivity index (χ0) is 16.7. The third-order valence-electron chi connectivity index (χ3n) is 2.64. The molecule has 1 aromatic heterocycles. The SMILES string of the molecule is O=C(CNC(=O)c1cccs1)OCCSc1cc(Cl)ccc1Cl. The Labute approximate surface area is 152 Å². The van der Waals surface area contributed by atoms with Gasteiger partial charge in [0, 0.05) is 15.7 Å². The van der Waals surface area contributed by atoms with E-state index in [1.54, 1.807) is 35.7 Å². The number of amides is 1. The first-order valence-corrected chi connectivity index (χ1v) is 9.23. The fourth-order valence-electron chi connectivity index (χ4n) is 1.59. The Morgan fingerprint density at radius 1 is 1.26 bits per heavy atom. The van der Waals surface area contributed by atoms with Crippen molar-refractivity contribution >= 4 is 58.2 Å². The molecule has 122 valence electrons. The molecule has 1 amide bonds. The van der Waals surface area contributed by atoms with E-state index in [0.29, 0.717) is 20.7 Å². The lowest BCUT2D eigenvalue weighted by molar-refractivity contribution is -0.141. The Bertz CT molecular complexity index is 677. The van der Waals surface area contributed by atoms with Gasteiger partial charge in [0.05, 0.1) is 9.90 Å². The number of ether oxygens (including phenoxy) is 1. The maximum Gasteiger partial charge on any atom is 0.325 e. The van der Waals surface area contributed by atoms with Crippen LogP contribution in [0.15, 0.2) is 40.6 Å². The summed E-state index contributed by atoms with van der Waals surface area (Å²) in [7, 11) is 0. The summed E-state index contributed by atoms with van der Waals surface area (Å²) in [6.45, 7) is 0.0700. The van der Waals surface area contributed by atoms with E-state index < -0.39 is 5.97 Å². The highest BCUT2D eigenvalue weighted by Gasteiger charge is 2.09. The fraction of sp³-hybridized carbons (Fsp3) is 0.200. The minimum Gasteiger partial charge on any atom is -0.463 e. The Kier molecular flexibility index (Phi) is 7.23. The minimum atomic E-state index is -0.479. The van der Waals surface area contributed by atoms with Crippen LogP contribution in [-0.2, 0) is 9.53 Å². The number of halogens is 2. The number of esters is 1. The van der Waals surface area contributed by atoms with Gasteiger partial charge in [-0.2, -0.15) is 0 Å². The van der Waals surface area contributed by atoms with E-state index in [-0.39, 0.29) is 19.1 Å². The largest absolute Gasteiger partial charge is 0.463 e. The molecule has 0 atom stereocenters. The van der Waals surface area contributed by atoms with Crippen LogP contribution in [0.2, 0.25) is 10.0 Å². The molecule has 1 N–H and O–H groups in total. The first kappa shape index (κ1) is 18.1. The molecule has 0 saturated heterocycles. The van der Waals surface area contributed by atoms with Gasteiger partial charge < -0.3 is 10.1 Å². The molecule has 0 spiro atoms. The number of nitrogens with one attached hydrogen (secondary N) is 1. The predicted molar refractivity (Wildman–Crippen MR) is 94.8 cm³/mol. The number of thiophene rings is 1. The van der Waals surface area contributed by atoms with Gasteiger partial charge in [0.25, 0.3) is 5.91 Å². The van der Waals surface area contributed by atoms with Gasteiger partial charge in [0.1, 0.15) is 13.2 Å². The van der Waals surface area contributed by atoms with Gasteiger partial charge in [-0.3, -0.25) is 9.59 Å². The Morgan fingerprint density at radius 3 is 2.83 bits per heavy atom. The van der Waals surface area contributed by atoms with Crippen LogP contribution in [0.1, 0.15) is 9.67 Å². The number of benzene rings is 1. The molecule has 8 heteroatoms. The molecular weight excluding hydrogens is 377 g/mol. The number of thioether (sulfide) groups is 1. The average Bonchev–Trinajstić information content (AvgIpc) is 3.07. The number of carbonyl (C=O) groups is 2. The number of hydrogen-bond acceptors (Lipinski definition) is 5. The summed E-state index contributed by atoms with van der Waals surface area (Å²) in [6, 6.07) is 8.66. The summed E-state index contributed by atoms with van der Waals surface area (Å²) in [5, 5.41) is 5.52. The smallest absolute Gasteiger partial charge is 0.325 e. The number of hydrogen-bond donors (Lipinski definition) is 1. The molecule has 0 radical (unpaired) electrons. The van der Waals surface area contributed by atoms with Crippen molar-refractivity contribution in [2.45, 2.75) is 4.90 Å². The molecule has 4 nitrogen and oxygen atoms in total. The average molecular weight is 390 g/mol. The van der Waals surface area contributed by atoms with Gasteiger partial charge in [-0.05, 0) is 29.6 Å². The van der Waals surface area contributed by atoms with E-state index in [9.17, 15) is 9.59 Å². The standard InChI is InChI=1S/C15H13Cl2NO3S2/c16-10-3-4-11(17)13(8-10)23-7-5-21-14(19)9-18-15(20)12-2-1-6-22-12/h1-4,6,8H,5,7,9H2,(H,18,20). The van der Waals surface area contributed by atoms with Crippen molar-refractivity contribution in [2.24, 2.45) is 0 Å². The van der Waals surface area contributed by atoms with Gasteiger partial charge in [-0.25, -0.2) is 0 Å². The second-order valence-electron chi connectivity index (χ2n) is 4.30. The van der Waals surface area contributed by atoms with Crippen molar-refractivity contribution in [3.8, 4) is 0 Å². The number of rotatable bonds is 7. The van der Waals surface area contributed by atoms with Crippen LogP contribution in [0.3, 0.4) is 0 Å². The van der Waals surface area contributed by atoms with Crippen LogP contribution < -0.4 is 5.32 Å². The van der Waals surface area contributed by atoms with Crippen LogP contribution in [0, 0.1) is 0 Å². The van der Waals surface area contributed by atoms with E-state index >= 15 is 0 Å². The maximum atomic E-state index is 11.7. The second-order valence-corrected chi connectivity index (χ2v) is 7.23. The molecule has 0 saturated carbocycles. The minimum absolute atomic E-state index is 0.153.